The van der Waals surface area contributed by atoms with Crippen LogP contribution < -0.4 is 14.9 Å². The molecule has 0 aromatic heterocycles. The van der Waals surface area contributed by atoms with Gasteiger partial charge < -0.3 is 10.2 Å². The van der Waals surface area contributed by atoms with Crippen LogP contribution >= 0.6 is 0 Å². The van der Waals surface area contributed by atoms with Crippen molar-refractivity contribution in [3.05, 3.63) is 59.7 Å². The van der Waals surface area contributed by atoms with Crippen LogP contribution in [0.15, 0.2) is 48.5 Å². The van der Waals surface area contributed by atoms with Crippen LogP contribution in [0.1, 0.15) is 30.9 Å². The number of nitrogens with zero attached hydrogens (tertiary/aromatic N) is 1. The third-order valence-corrected chi connectivity index (χ3v) is 6.54. The highest BCUT2D eigenvalue weighted by atomic mass is 32.2. The molecule has 1 saturated heterocycles. The lowest BCUT2D eigenvalue weighted by atomic mass is 10.0. The maximum atomic E-state index is 12.6. The lowest BCUT2D eigenvalue weighted by Gasteiger charge is -2.34. The van der Waals surface area contributed by atoms with Gasteiger partial charge in [0.25, 0.3) is 0 Å². The zero-order chi connectivity index (χ0) is 21.8. The van der Waals surface area contributed by atoms with Gasteiger partial charge in [-0.1, -0.05) is 18.2 Å². The number of sulfonamides is 1. The van der Waals surface area contributed by atoms with E-state index >= 15 is 0 Å². The Hall–Kier alpha value is -2.26. The normalized spacial score (nSPS) is 15.9. The van der Waals surface area contributed by atoms with Gasteiger partial charge in [0.15, 0.2) is 0 Å². The van der Waals surface area contributed by atoms with Gasteiger partial charge in [-0.3, -0.25) is 4.72 Å². The second kappa shape index (κ2) is 9.26. The molecule has 9 heteroatoms. The minimum Gasteiger partial charge on any atom is -0.371 e. The Morgan fingerprint density at radius 1 is 1.07 bits per heavy atom. The van der Waals surface area contributed by atoms with Gasteiger partial charge >= 0.3 is 6.18 Å². The first-order valence-electron chi connectivity index (χ1n) is 9.91. The molecule has 1 fully saturated rings. The lowest BCUT2D eigenvalue weighted by Crippen LogP contribution is -2.42. The number of anilines is 2. The summed E-state index contributed by atoms with van der Waals surface area (Å²) < 4.78 is 64.0. The van der Waals surface area contributed by atoms with Crippen molar-refractivity contribution in [3.63, 3.8) is 0 Å². The molecule has 1 aliphatic rings. The standard InChI is InChI=1S/C21H26F3N3O2S/c1-2-30(28,29)26-19-4-3-5-20(14-19)27-12-10-18(11-13-27)25-15-16-6-8-17(9-7-16)21(22,23)24/h3-9,14,18,25-26H,2,10-13,15H2,1H3. The van der Waals surface area contributed by atoms with Crippen LogP contribution in [-0.2, 0) is 22.7 Å². The van der Waals surface area contributed by atoms with Gasteiger partial charge in [0.1, 0.15) is 0 Å². The molecule has 164 valence electrons. The van der Waals surface area contributed by atoms with Crippen molar-refractivity contribution in [3.8, 4) is 0 Å². The topological polar surface area (TPSA) is 61.4 Å². The highest BCUT2D eigenvalue weighted by Crippen LogP contribution is 2.29. The molecular weight excluding hydrogens is 415 g/mol. The molecule has 0 unspecified atom stereocenters. The zero-order valence-corrected chi connectivity index (χ0v) is 17.6. The SMILES string of the molecule is CCS(=O)(=O)Nc1cccc(N2CCC(NCc3ccc(C(F)(F)F)cc3)CC2)c1. The maximum Gasteiger partial charge on any atom is 0.416 e. The summed E-state index contributed by atoms with van der Waals surface area (Å²) in [4.78, 5) is 2.21. The van der Waals surface area contributed by atoms with Gasteiger partial charge in [-0.05, 0) is 55.7 Å². The molecule has 2 N–H and O–H groups in total. The number of alkyl halides is 3. The lowest BCUT2D eigenvalue weighted by molar-refractivity contribution is -0.137. The summed E-state index contributed by atoms with van der Waals surface area (Å²) in [6.07, 6.45) is -2.52. The summed E-state index contributed by atoms with van der Waals surface area (Å²) in [7, 11) is -3.31. The van der Waals surface area contributed by atoms with Crippen LogP contribution in [0.2, 0.25) is 0 Å². The number of benzene rings is 2. The summed E-state index contributed by atoms with van der Waals surface area (Å²) in [5, 5.41) is 3.42. The predicted molar refractivity (Wildman–Crippen MR) is 113 cm³/mol. The van der Waals surface area contributed by atoms with E-state index in [0.717, 1.165) is 49.3 Å². The van der Waals surface area contributed by atoms with Crippen LogP contribution in [0.4, 0.5) is 24.5 Å². The van der Waals surface area contributed by atoms with Crippen molar-refractivity contribution in [1.29, 1.82) is 0 Å². The molecule has 2 aromatic rings. The zero-order valence-electron chi connectivity index (χ0n) is 16.7. The quantitative estimate of drug-likeness (QED) is 0.675. The molecule has 0 amide bonds. The summed E-state index contributed by atoms with van der Waals surface area (Å²) in [6, 6.07) is 12.9. The number of halogens is 3. The van der Waals surface area contributed by atoms with Crippen LogP contribution in [-0.4, -0.2) is 33.3 Å². The van der Waals surface area contributed by atoms with E-state index in [4.69, 9.17) is 0 Å². The van der Waals surface area contributed by atoms with E-state index in [9.17, 15) is 21.6 Å². The number of rotatable bonds is 7. The molecule has 0 saturated carbocycles. The molecule has 0 spiro atoms. The van der Waals surface area contributed by atoms with Crippen molar-refractivity contribution < 1.29 is 21.6 Å². The molecule has 0 bridgehead atoms. The first-order valence-corrected chi connectivity index (χ1v) is 11.6. The minimum atomic E-state index is -4.31. The number of piperidine rings is 1. The second-order valence-electron chi connectivity index (χ2n) is 7.39. The van der Waals surface area contributed by atoms with E-state index in [2.05, 4.69) is 14.9 Å². The summed E-state index contributed by atoms with van der Waals surface area (Å²) in [6.45, 7) is 3.75. The molecule has 3 rings (SSSR count). The molecule has 5 nitrogen and oxygen atoms in total. The van der Waals surface area contributed by atoms with Crippen molar-refractivity contribution in [1.82, 2.24) is 5.32 Å². The molecule has 1 aliphatic heterocycles. The Bertz CT molecular complexity index is 939. The predicted octanol–water partition coefficient (Wildman–Crippen LogP) is 4.23. The molecule has 1 heterocycles. The molecular formula is C21H26F3N3O2S. The van der Waals surface area contributed by atoms with E-state index in [-0.39, 0.29) is 11.8 Å². The van der Waals surface area contributed by atoms with Crippen molar-refractivity contribution >= 4 is 21.4 Å². The van der Waals surface area contributed by atoms with Crippen molar-refractivity contribution in [2.45, 2.75) is 38.5 Å². The van der Waals surface area contributed by atoms with Gasteiger partial charge in [-0.25, -0.2) is 8.42 Å². The monoisotopic (exact) mass is 441 g/mol. The maximum absolute atomic E-state index is 12.6. The van der Waals surface area contributed by atoms with E-state index in [0.29, 0.717) is 12.2 Å². The molecule has 0 atom stereocenters. The van der Waals surface area contributed by atoms with Gasteiger partial charge in [0.2, 0.25) is 10.0 Å². The average Bonchev–Trinajstić information content (AvgIpc) is 2.72. The first-order chi connectivity index (χ1) is 14.2. The Morgan fingerprint density at radius 3 is 2.33 bits per heavy atom. The molecule has 0 radical (unpaired) electrons. The van der Waals surface area contributed by atoms with Crippen LogP contribution in [0.5, 0.6) is 0 Å². The minimum absolute atomic E-state index is 0.0211. The van der Waals surface area contributed by atoms with Crippen molar-refractivity contribution in [2.75, 3.05) is 28.5 Å². The third-order valence-electron chi connectivity index (χ3n) is 5.24. The second-order valence-corrected chi connectivity index (χ2v) is 9.40. The highest BCUT2D eigenvalue weighted by molar-refractivity contribution is 7.92. The highest BCUT2D eigenvalue weighted by Gasteiger charge is 2.30. The van der Waals surface area contributed by atoms with Crippen molar-refractivity contribution in [2.24, 2.45) is 0 Å². The fourth-order valence-electron chi connectivity index (χ4n) is 3.43. The largest absolute Gasteiger partial charge is 0.416 e. The van der Waals surface area contributed by atoms with Gasteiger partial charge in [-0.15, -0.1) is 0 Å². The average molecular weight is 442 g/mol. The number of hydrogen-bond acceptors (Lipinski definition) is 4. The van der Waals surface area contributed by atoms with E-state index in [1.54, 1.807) is 13.0 Å². The molecule has 30 heavy (non-hydrogen) atoms. The first kappa shape index (κ1) is 22.4. The number of hydrogen-bond donors (Lipinski definition) is 2. The molecule has 2 aromatic carbocycles. The van der Waals surface area contributed by atoms with E-state index in [1.807, 2.05) is 18.2 Å². The van der Waals surface area contributed by atoms with Gasteiger partial charge in [0.05, 0.1) is 17.0 Å². The third kappa shape index (κ3) is 6.12. The number of nitrogens with one attached hydrogen (secondary N) is 2. The van der Waals surface area contributed by atoms with Gasteiger partial charge in [0, 0.05) is 31.4 Å². The summed E-state index contributed by atoms with van der Waals surface area (Å²) in [5.74, 6) is 0.0211. The summed E-state index contributed by atoms with van der Waals surface area (Å²) >= 11 is 0. The van der Waals surface area contributed by atoms with Crippen LogP contribution in [0.3, 0.4) is 0 Å². The Morgan fingerprint density at radius 2 is 1.73 bits per heavy atom. The fraction of sp³-hybridized carbons (Fsp3) is 0.429. The Balaban J connectivity index is 1.50. The Labute approximate surface area is 175 Å². The smallest absolute Gasteiger partial charge is 0.371 e. The van der Waals surface area contributed by atoms with Gasteiger partial charge in [-0.2, -0.15) is 13.2 Å². The van der Waals surface area contributed by atoms with E-state index in [1.165, 1.54) is 12.1 Å². The summed E-state index contributed by atoms with van der Waals surface area (Å²) in [5.41, 5.74) is 1.70. The molecule has 0 aliphatic carbocycles. The van der Waals surface area contributed by atoms with Crippen LogP contribution in [0.25, 0.3) is 0 Å². The van der Waals surface area contributed by atoms with Crippen LogP contribution in [0, 0.1) is 0 Å². The fourth-order valence-corrected chi connectivity index (χ4v) is 4.06. The van der Waals surface area contributed by atoms with E-state index < -0.39 is 21.8 Å². The Kier molecular flexibility index (Phi) is 6.92.